The van der Waals surface area contributed by atoms with Crippen LogP contribution in [0.3, 0.4) is 0 Å². The second kappa shape index (κ2) is 6.02. The van der Waals surface area contributed by atoms with Crippen LogP contribution in [0.2, 0.25) is 5.02 Å². The molecular weight excluding hydrogens is 240 g/mol. The Morgan fingerprint density at radius 2 is 2.41 bits per heavy atom. The predicted octanol–water partition coefficient (Wildman–Crippen LogP) is 2.15. The van der Waals surface area contributed by atoms with Crippen LogP contribution in [-0.4, -0.2) is 36.3 Å². The van der Waals surface area contributed by atoms with Crippen molar-refractivity contribution >= 4 is 23.4 Å². The van der Waals surface area contributed by atoms with E-state index in [4.69, 9.17) is 16.3 Å². The van der Waals surface area contributed by atoms with Crippen molar-refractivity contribution in [3.63, 3.8) is 0 Å². The maximum Gasteiger partial charge on any atom is 0.224 e. The molecule has 1 atom stereocenters. The summed E-state index contributed by atoms with van der Waals surface area (Å²) in [4.78, 5) is 8.28. The van der Waals surface area contributed by atoms with E-state index in [2.05, 4.69) is 20.6 Å². The summed E-state index contributed by atoms with van der Waals surface area (Å²) in [7, 11) is 1.78. The highest BCUT2D eigenvalue weighted by Crippen LogP contribution is 2.20. The Balaban J connectivity index is 1.92. The lowest BCUT2D eigenvalue weighted by atomic mass is 10.1. The molecule has 5 nitrogen and oxygen atoms in total. The second-order valence-corrected chi connectivity index (χ2v) is 4.42. The Morgan fingerprint density at radius 3 is 3.12 bits per heavy atom. The maximum atomic E-state index is 6.01. The Bertz CT molecular complexity index is 368. The molecule has 0 aromatic carbocycles. The van der Waals surface area contributed by atoms with Crippen molar-refractivity contribution in [1.29, 1.82) is 0 Å². The molecule has 1 fully saturated rings. The van der Waals surface area contributed by atoms with Crippen LogP contribution in [-0.2, 0) is 4.74 Å². The van der Waals surface area contributed by atoms with Gasteiger partial charge in [-0.2, -0.15) is 4.98 Å². The van der Waals surface area contributed by atoms with E-state index in [1.165, 1.54) is 6.42 Å². The molecule has 2 rings (SSSR count). The molecule has 0 spiro atoms. The predicted molar refractivity (Wildman–Crippen MR) is 68.7 cm³/mol. The van der Waals surface area contributed by atoms with Crippen molar-refractivity contribution in [3.05, 3.63) is 11.2 Å². The average molecular weight is 257 g/mol. The standard InChI is InChI=1S/C11H17ClN4O/c1-13-11-15-7-9(12)10(16-11)14-6-8-4-2-3-5-17-8/h7-8H,2-6H2,1H3,(H2,13,14,15,16). The number of ether oxygens (including phenoxy) is 1. The zero-order valence-electron chi connectivity index (χ0n) is 9.87. The zero-order valence-corrected chi connectivity index (χ0v) is 10.6. The minimum Gasteiger partial charge on any atom is -0.376 e. The number of hydrogen-bond acceptors (Lipinski definition) is 5. The highest BCUT2D eigenvalue weighted by atomic mass is 35.5. The lowest BCUT2D eigenvalue weighted by Crippen LogP contribution is -2.27. The third-order valence-corrected chi connectivity index (χ3v) is 3.02. The van der Waals surface area contributed by atoms with E-state index >= 15 is 0 Å². The number of rotatable bonds is 4. The van der Waals surface area contributed by atoms with Crippen molar-refractivity contribution < 1.29 is 4.74 Å². The van der Waals surface area contributed by atoms with E-state index in [9.17, 15) is 0 Å². The molecule has 1 aliphatic rings. The monoisotopic (exact) mass is 256 g/mol. The van der Waals surface area contributed by atoms with Gasteiger partial charge in [0.15, 0.2) is 5.82 Å². The normalized spacial score (nSPS) is 20.0. The van der Waals surface area contributed by atoms with Gasteiger partial charge < -0.3 is 15.4 Å². The molecule has 2 N–H and O–H groups in total. The number of aromatic nitrogens is 2. The molecule has 2 heterocycles. The van der Waals surface area contributed by atoms with Gasteiger partial charge in [0.25, 0.3) is 0 Å². The third-order valence-electron chi connectivity index (χ3n) is 2.74. The van der Waals surface area contributed by atoms with Gasteiger partial charge in [-0.3, -0.25) is 0 Å². The van der Waals surface area contributed by atoms with Crippen molar-refractivity contribution in [2.45, 2.75) is 25.4 Å². The molecule has 1 unspecified atom stereocenters. The third kappa shape index (κ3) is 3.44. The van der Waals surface area contributed by atoms with Crippen molar-refractivity contribution in [1.82, 2.24) is 9.97 Å². The van der Waals surface area contributed by atoms with Gasteiger partial charge in [0.1, 0.15) is 5.02 Å². The van der Waals surface area contributed by atoms with Crippen LogP contribution in [0.25, 0.3) is 0 Å². The quantitative estimate of drug-likeness (QED) is 0.865. The first-order valence-electron chi connectivity index (χ1n) is 5.85. The Hall–Kier alpha value is -1.07. The van der Waals surface area contributed by atoms with E-state index in [-0.39, 0.29) is 6.10 Å². The molecule has 0 saturated carbocycles. The van der Waals surface area contributed by atoms with E-state index in [1.807, 2.05) is 0 Å². The van der Waals surface area contributed by atoms with Crippen molar-refractivity contribution in [2.75, 3.05) is 30.8 Å². The minimum atomic E-state index is 0.257. The fraction of sp³-hybridized carbons (Fsp3) is 0.636. The zero-order chi connectivity index (χ0) is 12.1. The van der Waals surface area contributed by atoms with Gasteiger partial charge in [0.2, 0.25) is 5.95 Å². The fourth-order valence-corrected chi connectivity index (χ4v) is 1.95. The van der Waals surface area contributed by atoms with E-state index in [1.54, 1.807) is 13.2 Å². The molecule has 1 saturated heterocycles. The smallest absolute Gasteiger partial charge is 0.224 e. The lowest BCUT2D eigenvalue weighted by Gasteiger charge is -2.23. The van der Waals surface area contributed by atoms with Crippen LogP contribution < -0.4 is 10.6 Å². The maximum absolute atomic E-state index is 6.01. The number of nitrogens with zero attached hydrogens (tertiary/aromatic N) is 2. The number of nitrogens with one attached hydrogen (secondary N) is 2. The van der Waals surface area contributed by atoms with Gasteiger partial charge in [-0.1, -0.05) is 11.6 Å². The molecule has 17 heavy (non-hydrogen) atoms. The average Bonchev–Trinajstić information content (AvgIpc) is 2.39. The number of halogens is 1. The molecule has 1 aromatic rings. The summed E-state index contributed by atoms with van der Waals surface area (Å²) in [5.41, 5.74) is 0. The molecule has 6 heteroatoms. The minimum absolute atomic E-state index is 0.257. The highest BCUT2D eigenvalue weighted by Gasteiger charge is 2.14. The molecule has 0 bridgehead atoms. The summed E-state index contributed by atoms with van der Waals surface area (Å²) < 4.78 is 5.63. The van der Waals surface area contributed by atoms with Crippen LogP contribution >= 0.6 is 11.6 Å². The van der Waals surface area contributed by atoms with Gasteiger partial charge in [-0.25, -0.2) is 4.98 Å². The van der Waals surface area contributed by atoms with Gasteiger partial charge in [-0.15, -0.1) is 0 Å². The summed E-state index contributed by atoms with van der Waals surface area (Å²) in [6.07, 6.45) is 5.33. The van der Waals surface area contributed by atoms with E-state index < -0.39 is 0 Å². The van der Waals surface area contributed by atoms with Crippen LogP contribution in [0.4, 0.5) is 11.8 Å². The number of anilines is 2. The molecule has 0 aliphatic carbocycles. The Kier molecular flexibility index (Phi) is 4.39. The molecule has 1 aliphatic heterocycles. The van der Waals surface area contributed by atoms with E-state index in [0.29, 0.717) is 16.8 Å². The first kappa shape index (κ1) is 12.4. The van der Waals surface area contributed by atoms with Gasteiger partial charge in [0.05, 0.1) is 12.3 Å². The van der Waals surface area contributed by atoms with Crippen LogP contribution in [0.15, 0.2) is 6.20 Å². The summed E-state index contributed by atoms with van der Waals surface area (Å²) >= 11 is 6.01. The fourth-order valence-electron chi connectivity index (χ4n) is 1.79. The van der Waals surface area contributed by atoms with Gasteiger partial charge in [0, 0.05) is 20.2 Å². The first-order valence-corrected chi connectivity index (χ1v) is 6.23. The van der Waals surface area contributed by atoms with Crippen LogP contribution in [0.1, 0.15) is 19.3 Å². The first-order chi connectivity index (χ1) is 8.29. The highest BCUT2D eigenvalue weighted by molar-refractivity contribution is 6.32. The summed E-state index contributed by atoms with van der Waals surface area (Å²) in [6.45, 7) is 1.59. The molecule has 0 amide bonds. The Labute approximate surface area is 106 Å². The second-order valence-electron chi connectivity index (χ2n) is 4.01. The van der Waals surface area contributed by atoms with Crippen molar-refractivity contribution in [3.8, 4) is 0 Å². The SMILES string of the molecule is CNc1ncc(Cl)c(NCC2CCCCO2)n1. The van der Waals surface area contributed by atoms with E-state index in [0.717, 1.165) is 26.0 Å². The van der Waals surface area contributed by atoms with Gasteiger partial charge in [-0.05, 0) is 19.3 Å². The molecule has 0 radical (unpaired) electrons. The molecular formula is C11H17ClN4O. The summed E-state index contributed by atoms with van der Waals surface area (Å²) in [5.74, 6) is 1.21. The van der Waals surface area contributed by atoms with Crippen molar-refractivity contribution in [2.24, 2.45) is 0 Å². The molecule has 94 valence electrons. The topological polar surface area (TPSA) is 59.1 Å². The molecule has 1 aromatic heterocycles. The summed E-state index contributed by atoms with van der Waals surface area (Å²) in [5, 5.41) is 6.62. The van der Waals surface area contributed by atoms with Crippen LogP contribution in [0, 0.1) is 0 Å². The Morgan fingerprint density at radius 1 is 1.53 bits per heavy atom. The van der Waals surface area contributed by atoms with Crippen LogP contribution in [0.5, 0.6) is 0 Å². The lowest BCUT2D eigenvalue weighted by molar-refractivity contribution is 0.0247. The largest absolute Gasteiger partial charge is 0.376 e. The number of hydrogen-bond donors (Lipinski definition) is 2. The summed E-state index contributed by atoms with van der Waals surface area (Å²) in [6, 6.07) is 0. The van der Waals surface area contributed by atoms with Gasteiger partial charge >= 0.3 is 0 Å².